The number of aliphatic hydroxyl groups excluding tert-OH is 1. The van der Waals surface area contributed by atoms with E-state index in [0.29, 0.717) is 25.8 Å². The van der Waals surface area contributed by atoms with E-state index in [4.69, 9.17) is 9.47 Å². The minimum atomic E-state index is -0.428. The lowest BCUT2D eigenvalue weighted by atomic mass is 10.0. The SMILES string of the molecule is CC(C)CCC(C)NCC(O)COCC1CCCO1. The Morgan fingerprint density at radius 3 is 2.74 bits per heavy atom. The highest BCUT2D eigenvalue weighted by Gasteiger charge is 2.16. The first-order valence-corrected chi connectivity index (χ1v) is 7.68. The van der Waals surface area contributed by atoms with E-state index < -0.39 is 6.10 Å². The van der Waals surface area contributed by atoms with Crippen molar-refractivity contribution in [2.24, 2.45) is 5.92 Å². The highest BCUT2D eigenvalue weighted by Crippen LogP contribution is 2.12. The van der Waals surface area contributed by atoms with E-state index in [-0.39, 0.29) is 6.10 Å². The summed E-state index contributed by atoms with van der Waals surface area (Å²) in [5.74, 6) is 0.740. The summed E-state index contributed by atoms with van der Waals surface area (Å²) in [6, 6.07) is 0.454. The molecule has 3 atom stereocenters. The molecule has 1 heterocycles. The van der Waals surface area contributed by atoms with E-state index in [1.54, 1.807) is 0 Å². The molecule has 4 heteroatoms. The van der Waals surface area contributed by atoms with Gasteiger partial charge in [-0.1, -0.05) is 13.8 Å². The summed E-state index contributed by atoms with van der Waals surface area (Å²) in [7, 11) is 0. The summed E-state index contributed by atoms with van der Waals surface area (Å²) >= 11 is 0. The van der Waals surface area contributed by atoms with Crippen LogP contribution in [-0.2, 0) is 9.47 Å². The molecule has 0 aromatic carbocycles. The molecule has 0 bridgehead atoms. The Hall–Kier alpha value is -0.160. The van der Waals surface area contributed by atoms with Gasteiger partial charge in [-0.05, 0) is 38.5 Å². The van der Waals surface area contributed by atoms with Gasteiger partial charge in [0.1, 0.15) is 0 Å². The van der Waals surface area contributed by atoms with Gasteiger partial charge in [0.05, 0.1) is 25.4 Å². The molecule has 1 aliphatic rings. The van der Waals surface area contributed by atoms with Gasteiger partial charge in [0, 0.05) is 19.2 Å². The molecule has 1 rings (SSSR count). The first-order valence-electron chi connectivity index (χ1n) is 7.68. The van der Waals surface area contributed by atoms with E-state index >= 15 is 0 Å². The summed E-state index contributed by atoms with van der Waals surface area (Å²) in [6.45, 7) is 9.10. The van der Waals surface area contributed by atoms with Crippen LogP contribution in [0.3, 0.4) is 0 Å². The molecule has 19 heavy (non-hydrogen) atoms. The molecule has 0 aromatic heterocycles. The number of hydrogen-bond donors (Lipinski definition) is 2. The Kier molecular flexibility index (Phi) is 8.62. The Morgan fingerprint density at radius 1 is 1.32 bits per heavy atom. The summed E-state index contributed by atoms with van der Waals surface area (Å²) in [6.07, 6.45) is 4.40. The van der Waals surface area contributed by atoms with Crippen LogP contribution in [0.1, 0.15) is 46.5 Å². The molecule has 1 saturated heterocycles. The standard InChI is InChI=1S/C15H31NO3/c1-12(2)6-7-13(3)16-9-14(17)10-18-11-15-5-4-8-19-15/h12-17H,4-11H2,1-3H3. The van der Waals surface area contributed by atoms with E-state index in [2.05, 4.69) is 26.1 Å². The lowest BCUT2D eigenvalue weighted by molar-refractivity contribution is -0.0169. The molecule has 0 spiro atoms. The van der Waals surface area contributed by atoms with Crippen LogP contribution in [0.2, 0.25) is 0 Å². The highest BCUT2D eigenvalue weighted by molar-refractivity contribution is 4.67. The first-order chi connectivity index (χ1) is 9.08. The van der Waals surface area contributed by atoms with Gasteiger partial charge < -0.3 is 19.9 Å². The van der Waals surface area contributed by atoms with Crippen LogP contribution in [-0.4, -0.2) is 49.7 Å². The topological polar surface area (TPSA) is 50.7 Å². The third-order valence-corrected chi connectivity index (χ3v) is 3.52. The number of aliphatic hydroxyl groups is 1. The second-order valence-corrected chi connectivity index (χ2v) is 6.11. The minimum absolute atomic E-state index is 0.241. The van der Waals surface area contributed by atoms with E-state index in [1.165, 1.54) is 6.42 Å². The van der Waals surface area contributed by atoms with Crippen molar-refractivity contribution in [2.45, 2.75) is 64.7 Å². The molecular weight excluding hydrogens is 242 g/mol. The maximum atomic E-state index is 9.82. The lowest BCUT2D eigenvalue weighted by Crippen LogP contribution is -2.36. The van der Waals surface area contributed by atoms with Gasteiger partial charge in [-0.2, -0.15) is 0 Å². The number of rotatable bonds is 10. The van der Waals surface area contributed by atoms with Crippen LogP contribution < -0.4 is 5.32 Å². The first kappa shape index (κ1) is 16.9. The van der Waals surface area contributed by atoms with Gasteiger partial charge in [0.15, 0.2) is 0 Å². The third-order valence-electron chi connectivity index (χ3n) is 3.52. The third kappa shape index (κ3) is 8.58. The Bertz CT molecular complexity index is 217. The van der Waals surface area contributed by atoms with Crippen molar-refractivity contribution in [1.29, 1.82) is 0 Å². The predicted molar refractivity (Wildman–Crippen MR) is 77.3 cm³/mol. The predicted octanol–water partition coefficient (Wildman–Crippen LogP) is 1.96. The minimum Gasteiger partial charge on any atom is -0.389 e. The second kappa shape index (κ2) is 9.70. The van der Waals surface area contributed by atoms with E-state index in [1.807, 2.05) is 0 Å². The van der Waals surface area contributed by atoms with Gasteiger partial charge in [0.2, 0.25) is 0 Å². The average molecular weight is 273 g/mol. The normalized spacial score (nSPS) is 22.9. The van der Waals surface area contributed by atoms with Crippen molar-refractivity contribution < 1.29 is 14.6 Å². The molecule has 0 radical (unpaired) electrons. The molecule has 0 amide bonds. The fourth-order valence-electron chi connectivity index (χ4n) is 2.19. The molecule has 0 aromatic rings. The van der Waals surface area contributed by atoms with Gasteiger partial charge in [0.25, 0.3) is 0 Å². The molecule has 1 fully saturated rings. The zero-order chi connectivity index (χ0) is 14.1. The molecule has 1 aliphatic heterocycles. The number of hydrogen-bond acceptors (Lipinski definition) is 4. The maximum Gasteiger partial charge on any atom is 0.0897 e. The van der Waals surface area contributed by atoms with Gasteiger partial charge in [-0.25, -0.2) is 0 Å². The molecule has 2 N–H and O–H groups in total. The van der Waals surface area contributed by atoms with E-state index in [0.717, 1.165) is 31.8 Å². The largest absolute Gasteiger partial charge is 0.389 e. The molecule has 114 valence electrons. The van der Waals surface area contributed by atoms with Crippen molar-refractivity contribution in [3.63, 3.8) is 0 Å². The summed E-state index contributed by atoms with van der Waals surface area (Å²) in [5, 5.41) is 13.2. The quantitative estimate of drug-likeness (QED) is 0.639. The van der Waals surface area contributed by atoms with Crippen LogP contribution in [0, 0.1) is 5.92 Å². The van der Waals surface area contributed by atoms with Gasteiger partial charge in [-0.15, -0.1) is 0 Å². The Morgan fingerprint density at radius 2 is 2.11 bits per heavy atom. The second-order valence-electron chi connectivity index (χ2n) is 6.11. The molecule has 0 saturated carbocycles. The van der Waals surface area contributed by atoms with Gasteiger partial charge >= 0.3 is 0 Å². The molecule has 0 aliphatic carbocycles. The van der Waals surface area contributed by atoms with Crippen LogP contribution in [0.25, 0.3) is 0 Å². The average Bonchev–Trinajstić information content (AvgIpc) is 2.87. The fraction of sp³-hybridized carbons (Fsp3) is 1.00. The number of nitrogens with one attached hydrogen (secondary N) is 1. The molecule has 4 nitrogen and oxygen atoms in total. The van der Waals surface area contributed by atoms with Crippen molar-refractivity contribution in [3.05, 3.63) is 0 Å². The van der Waals surface area contributed by atoms with Crippen molar-refractivity contribution in [2.75, 3.05) is 26.4 Å². The monoisotopic (exact) mass is 273 g/mol. The van der Waals surface area contributed by atoms with Crippen molar-refractivity contribution in [3.8, 4) is 0 Å². The highest BCUT2D eigenvalue weighted by atomic mass is 16.5. The fourth-order valence-corrected chi connectivity index (χ4v) is 2.19. The summed E-state index contributed by atoms with van der Waals surface area (Å²) in [5.41, 5.74) is 0. The van der Waals surface area contributed by atoms with Gasteiger partial charge in [-0.3, -0.25) is 0 Å². The van der Waals surface area contributed by atoms with Crippen LogP contribution in [0.5, 0.6) is 0 Å². The van der Waals surface area contributed by atoms with Crippen molar-refractivity contribution >= 4 is 0 Å². The number of ether oxygens (including phenoxy) is 2. The molecular formula is C15H31NO3. The smallest absolute Gasteiger partial charge is 0.0897 e. The zero-order valence-electron chi connectivity index (χ0n) is 12.7. The molecule has 3 unspecified atom stereocenters. The van der Waals surface area contributed by atoms with Crippen LogP contribution >= 0.6 is 0 Å². The van der Waals surface area contributed by atoms with Crippen LogP contribution in [0.15, 0.2) is 0 Å². The lowest BCUT2D eigenvalue weighted by Gasteiger charge is -2.18. The van der Waals surface area contributed by atoms with Crippen LogP contribution in [0.4, 0.5) is 0 Å². The Balaban J connectivity index is 1.95. The summed E-state index contributed by atoms with van der Waals surface area (Å²) in [4.78, 5) is 0. The van der Waals surface area contributed by atoms with Crippen molar-refractivity contribution in [1.82, 2.24) is 5.32 Å². The zero-order valence-corrected chi connectivity index (χ0v) is 12.7. The Labute approximate surface area is 117 Å². The van der Waals surface area contributed by atoms with E-state index in [9.17, 15) is 5.11 Å². The maximum absolute atomic E-state index is 9.82. The summed E-state index contributed by atoms with van der Waals surface area (Å²) < 4.78 is 11.0.